The lowest BCUT2D eigenvalue weighted by atomic mass is 10.0. The van der Waals surface area contributed by atoms with Crippen LogP contribution in [0.25, 0.3) is 0 Å². The second-order valence-corrected chi connectivity index (χ2v) is 9.03. The molecule has 0 amide bonds. The van der Waals surface area contributed by atoms with Crippen molar-refractivity contribution in [3.05, 3.63) is 71.8 Å². The predicted octanol–water partition coefficient (Wildman–Crippen LogP) is 2.84. The Balaban J connectivity index is 1.38. The van der Waals surface area contributed by atoms with Crippen LogP contribution in [-0.2, 0) is 30.2 Å². The highest BCUT2D eigenvalue weighted by Gasteiger charge is 2.60. The van der Waals surface area contributed by atoms with Gasteiger partial charge in [0.2, 0.25) is 0 Å². The van der Waals surface area contributed by atoms with Crippen LogP contribution in [0.1, 0.15) is 31.3 Å². The van der Waals surface area contributed by atoms with Crippen molar-refractivity contribution in [3.63, 3.8) is 0 Å². The molecule has 0 bridgehead atoms. The molecule has 3 saturated heterocycles. The van der Waals surface area contributed by atoms with E-state index in [0.29, 0.717) is 19.6 Å². The minimum atomic E-state index is -0.712. The molecular weight excluding hydrogens is 410 g/mol. The van der Waals surface area contributed by atoms with E-state index in [2.05, 4.69) is 17.0 Å². The highest BCUT2D eigenvalue weighted by molar-refractivity contribution is 5.18. The Hall–Kier alpha value is -1.84. The molecule has 6 unspecified atom stereocenters. The largest absolute Gasteiger partial charge is 0.395 e. The molecule has 7 nitrogen and oxygen atoms in total. The van der Waals surface area contributed by atoms with E-state index < -0.39 is 18.4 Å². The van der Waals surface area contributed by atoms with Gasteiger partial charge in [-0.25, -0.2) is 0 Å². The minimum Gasteiger partial charge on any atom is -0.395 e. The highest BCUT2D eigenvalue weighted by atomic mass is 16.9. The van der Waals surface area contributed by atoms with E-state index >= 15 is 0 Å². The number of ether oxygens (including phenoxy) is 5. The quantitative estimate of drug-likeness (QED) is 0.709. The summed E-state index contributed by atoms with van der Waals surface area (Å²) in [6.07, 6.45) is -2.22. The number of nitrogens with zero attached hydrogens (tertiary/aromatic N) is 1. The zero-order valence-corrected chi connectivity index (χ0v) is 18.5. The topological polar surface area (TPSA) is 69.6 Å². The fraction of sp³-hybridized carbons (Fsp3) is 0.520. The lowest BCUT2D eigenvalue weighted by Gasteiger charge is -2.41. The van der Waals surface area contributed by atoms with E-state index in [9.17, 15) is 5.11 Å². The maximum absolute atomic E-state index is 9.67. The van der Waals surface area contributed by atoms with E-state index in [-0.39, 0.29) is 31.0 Å². The van der Waals surface area contributed by atoms with Crippen molar-refractivity contribution in [2.75, 3.05) is 19.7 Å². The zero-order valence-electron chi connectivity index (χ0n) is 18.5. The van der Waals surface area contributed by atoms with Gasteiger partial charge in [-0.1, -0.05) is 60.7 Å². The first-order valence-corrected chi connectivity index (χ1v) is 11.3. The molecule has 6 atom stereocenters. The number of aliphatic hydroxyl groups is 1. The smallest absolute Gasteiger partial charge is 0.190 e. The molecular formula is C25H31NO6. The van der Waals surface area contributed by atoms with Crippen molar-refractivity contribution in [2.45, 2.75) is 63.2 Å². The summed E-state index contributed by atoms with van der Waals surface area (Å²) in [4.78, 5) is 2.19. The van der Waals surface area contributed by atoms with Crippen molar-refractivity contribution in [2.24, 2.45) is 0 Å². The van der Waals surface area contributed by atoms with Crippen molar-refractivity contribution >= 4 is 0 Å². The summed E-state index contributed by atoms with van der Waals surface area (Å²) < 4.78 is 31.2. The van der Waals surface area contributed by atoms with Gasteiger partial charge in [0.15, 0.2) is 18.4 Å². The van der Waals surface area contributed by atoms with Gasteiger partial charge in [-0.3, -0.25) is 4.90 Å². The SMILES string of the molecule is CC1(C)OC2OC3C(CN(CCO)Cc4ccccc4)OC(c4ccccc4)OC3C2O1. The number of hydrogen-bond donors (Lipinski definition) is 1. The first-order valence-electron chi connectivity index (χ1n) is 11.3. The molecule has 0 aromatic heterocycles. The van der Waals surface area contributed by atoms with Gasteiger partial charge in [-0.15, -0.1) is 0 Å². The van der Waals surface area contributed by atoms with Gasteiger partial charge in [0, 0.05) is 25.2 Å². The van der Waals surface area contributed by atoms with Crippen LogP contribution in [0.2, 0.25) is 0 Å². The van der Waals surface area contributed by atoms with Crippen LogP contribution in [0.4, 0.5) is 0 Å². The number of aliphatic hydroxyl groups excluding tert-OH is 1. The summed E-state index contributed by atoms with van der Waals surface area (Å²) in [5.41, 5.74) is 2.14. The van der Waals surface area contributed by atoms with Crippen LogP contribution in [0.15, 0.2) is 60.7 Å². The standard InChI is InChI=1S/C25H31NO6/c1-25(2)31-22-21-20(29-24(22)32-25)19(28-23(30-21)18-11-7-4-8-12-18)16-26(13-14-27)15-17-9-5-3-6-10-17/h3-12,19-24,27H,13-16H2,1-2H3. The van der Waals surface area contributed by atoms with E-state index in [1.54, 1.807) is 0 Å². The predicted molar refractivity (Wildman–Crippen MR) is 116 cm³/mol. The van der Waals surface area contributed by atoms with Crippen molar-refractivity contribution < 1.29 is 28.8 Å². The highest BCUT2D eigenvalue weighted by Crippen LogP contribution is 2.45. The number of benzene rings is 2. The first-order chi connectivity index (χ1) is 15.5. The molecule has 1 N–H and O–H groups in total. The van der Waals surface area contributed by atoms with Crippen molar-refractivity contribution in [1.82, 2.24) is 4.90 Å². The van der Waals surface area contributed by atoms with Crippen LogP contribution < -0.4 is 0 Å². The first kappa shape index (κ1) is 22.0. The van der Waals surface area contributed by atoms with Gasteiger partial charge in [-0.05, 0) is 19.4 Å². The number of rotatable bonds is 7. The van der Waals surface area contributed by atoms with E-state index in [1.807, 2.05) is 62.4 Å². The minimum absolute atomic E-state index is 0.0682. The molecule has 0 aliphatic carbocycles. The second-order valence-electron chi connectivity index (χ2n) is 9.03. The molecule has 2 aromatic carbocycles. The molecule has 7 heteroatoms. The third-order valence-electron chi connectivity index (χ3n) is 6.15. The van der Waals surface area contributed by atoms with Crippen molar-refractivity contribution in [3.8, 4) is 0 Å². The Morgan fingerprint density at radius 3 is 2.28 bits per heavy atom. The molecule has 5 rings (SSSR count). The molecule has 3 fully saturated rings. The fourth-order valence-corrected chi connectivity index (χ4v) is 4.76. The van der Waals surface area contributed by atoms with E-state index in [1.165, 1.54) is 5.56 Å². The second kappa shape index (κ2) is 9.19. The Labute approximate surface area is 188 Å². The monoisotopic (exact) mass is 441 g/mol. The summed E-state index contributed by atoms with van der Waals surface area (Å²) in [6.45, 7) is 5.68. The van der Waals surface area contributed by atoms with Gasteiger partial charge < -0.3 is 28.8 Å². The molecule has 0 saturated carbocycles. The van der Waals surface area contributed by atoms with E-state index in [0.717, 1.165) is 5.56 Å². The summed E-state index contributed by atoms with van der Waals surface area (Å²) in [6, 6.07) is 20.2. The van der Waals surface area contributed by atoms with Crippen molar-refractivity contribution in [1.29, 1.82) is 0 Å². The fourth-order valence-electron chi connectivity index (χ4n) is 4.76. The van der Waals surface area contributed by atoms with Gasteiger partial charge in [0.25, 0.3) is 0 Å². The zero-order chi connectivity index (χ0) is 22.1. The molecule has 3 aliphatic heterocycles. The average Bonchev–Trinajstić information content (AvgIpc) is 3.27. The summed E-state index contributed by atoms with van der Waals surface area (Å²) in [7, 11) is 0. The molecule has 3 heterocycles. The van der Waals surface area contributed by atoms with Crippen LogP contribution in [0, 0.1) is 0 Å². The maximum atomic E-state index is 9.67. The molecule has 2 aromatic rings. The lowest BCUT2D eigenvalue weighted by Crippen LogP contribution is -2.53. The third-order valence-corrected chi connectivity index (χ3v) is 6.15. The number of hydrogen-bond acceptors (Lipinski definition) is 7. The molecule has 172 valence electrons. The van der Waals surface area contributed by atoms with Crippen LogP contribution in [0.3, 0.4) is 0 Å². The normalized spacial score (nSPS) is 33.2. The third kappa shape index (κ3) is 4.61. The van der Waals surface area contributed by atoms with Crippen LogP contribution in [0.5, 0.6) is 0 Å². The van der Waals surface area contributed by atoms with Gasteiger partial charge in [-0.2, -0.15) is 0 Å². The van der Waals surface area contributed by atoms with Gasteiger partial charge in [0.05, 0.1) is 6.61 Å². The van der Waals surface area contributed by atoms with Gasteiger partial charge >= 0.3 is 0 Å². The Morgan fingerprint density at radius 1 is 0.844 bits per heavy atom. The van der Waals surface area contributed by atoms with E-state index in [4.69, 9.17) is 23.7 Å². The Bertz CT molecular complexity index is 879. The maximum Gasteiger partial charge on any atom is 0.190 e. The molecule has 0 radical (unpaired) electrons. The Morgan fingerprint density at radius 2 is 1.56 bits per heavy atom. The summed E-state index contributed by atoms with van der Waals surface area (Å²) in [5, 5.41) is 9.67. The average molecular weight is 442 g/mol. The van der Waals surface area contributed by atoms with Crippen LogP contribution in [-0.4, -0.2) is 66.2 Å². The lowest BCUT2D eigenvalue weighted by molar-refractivity contribution is -0.311. The molecule has 32 heavy (non-hydrogen) atoms. The summed E-state index contributed by atoms with van der Waals surface area (Å²) >= 11 is 0. The summed E-state index contributed by atoms with van der Waals surface area (Å²) in [5.74, 6) is -0.712. The van der Waals surface area contributed by atoms with Crippen LogP contribution >= 0.6 is 0 Å². The Kier molecular flexibility index (Phi) is 6.31. The number of fused-ring (bicyclic) bond motifs is 3. The molecule has 3 aliphatic rings. The molecule has 0 spiro atoms. The van der Waals surface area contributed by atoms with Gasteiger partial charge in [0.1, 0.15) is 24.4 Å².